The molecule has 166 valence electrons. The van der Waals surface area contributed by atoms with Crippen molar-refractivity contribution in [1.82, 2.24) is 14.9 Å². The van der Waals surface area contributed by atoms with Crippen LogP contribution in [0.3, 0.4) is 0 Å². The van der Waals surface area contributed by atoms with E-state index in [-0.39, 0.29) is 23.6 Å². The summed E-state index contributed by atoms with van der Waals surface area (Å²) < 4.78 is 32.1. The minimum Gasteiger partial charge on any atom is -0.439 e. The Balaban J connectivity index is 1.36. The lowest BCUT2D eigenvalue weighted by atomic mass is 10.1. The summed E-state index contributed by atoms with van der Waals surface area (Å²) in [6.07, 6.45) is 2.57. The first-order valence-electron chi connectivity index (χ1n) is 10.5. The third kappa shape index (κ3) is 5.19. The zero-order valence-electron chi connectivity index (χ0n) is 17.7. The summed E-state index contributed by atoms with van der Waals surface area (Å²) in [5.74, 6) is -0.748. The summed E-state index contributed by atoms with van der Waals surface area (Å²) in [6.45, 7) is 3.87. The number of aromatic nitrogens is 2. The number of rotatable bonds is 6. The predicted molar refractivity (Wildman–Crippen MR) is 117 cm³/mol. The number of carbonyl (C=O) groups is 1. The van der Waals surface area contributed by atoms with Crippen LogP contribution >= 0.6 is 0 Å². The average molecular weight is 438 g/mol. The van der Waals surface area contributed by atoms with Gasteiger partial charge in [-0.2, -0.15) is 0 Å². The molecule has 1 aromatic heterocycles. The van der Waals surface area contributed by atoms with E-state index in [9.17, 15) is 13.6 Å². The molecule has 0 aliphatic carbocycles. The van der Waals surface area contributed by atoms with Gasteiger partial charge in [0.15, 0.2) is 11.6 Å². The summed E-state index contributed by atoms with van der Waals surface area (Å²) in [5.41, 5.74) is 1.15. The Morgan fingerprint density at radius 1 is 1.06 bits per heavy atom. The number of carbonyl (C=O) groups excluding carboxylic acids is 1. The molecule has 32 heavy (non-hydrogen) atoms. The Hall–Kier alpha value is -3.55. The molecule has 1 saturated heterocycles. The van der Waals surface area contributed by atoms with Gasteiger partial charge in [-0.3, -0.25) is 4.79 Å². The fourth-order valence-electron chi connectivity index (χ4n) is 3.80. The Bertz CT molecular complexity index is 1080. The molecule has 1 aliphatic rings. The van der Waals surface area contributed by atoms with Crippen molar-refractivity contribution in [1.29, 1.82) is 0 Å². The quantitative estimate of drug-likeness (QED) is 0.577. The van der Waals surface area contributed by atoms with Crippen molar-refractivity contribution in [3.63, 3.8) is 0 Å². The van der Waals surface area contributed by atoms with Crippen LogP contribution in [0, 0.1) is 11.6 Å². The van der Waals surface area contributed by atoms with E-state index in [1.54, 1.807) is 6.07 Å². The van der Waals surface area contributed by atoms with Crippen molar-refractivity contribution < 1.29 is 18.3 Å². The van der Waals surface area contributed by atoms with Gasteiger partial charge in [-0.05, 0) is 31.0 Å². The monoisotopic (exact) mass is 438 g/mol. The maximum atomic E-state index is 13.4. The van der Waals surface area contributed by atoms with E-state index in [1.165, 1.54) is 12.4 Å². The average Bonchev–Trinajstić information content (AvgIpc) is 2.81. The lowest BCUT2D eigenvalue weighted by Gasteiger charge is -2.40. The topological polar surface area (TPSA) is 58.6 Å². The van der Waals surface area contributed by atoms with Crippen molar-refractivity contribution in [2.24, 2.45) is 0 Å². The van der Waals surface area contributed by atoms with Crippen LogP contribution < -0.4 is 9.64 Å². The molecule has 6 nitrogen and oxygen atoms in total. The van der Waals surface area contributed by atoms with Crippen LogP contribution in [0.2, 0.25) is 0 Å². The molecular formula is C24H24F2N4O2. The fraction of sp³-hybridized carbons (Fsp3) is 0.292. The third-order valence-corrected chi connectivity index (χ3v) is 5.48. The van der Waals surface area contributed by atoms with Crippen molar-refractivity contribution in [2.75, 3.05) is 24.5 Å². The maximum absolute atomic E-state index is 13.4. The molecule has 0 radical (unpaired) electrons. The number of halogens is 2. The lowest BCUT2D eigenvalue weighted by molar-refractivity contribution is -0.133. The lowest BCUT2D eigenvalue weighted by Crippen LogP contribution is -2.54. The molecule has 1 amide bonds. The Morgan fingerprint density at radius 3 is 2.62 bits per heavy atom. The highest BCUT2D eigenvalue weighted by Gasteiger charge is 2.28. The molecule has 1 aliphatic heterocycles. The molecule has 2 heterocycles. The van der Waals surface area contributed by atoms with Gasteiger partial charge < -0.3 is 14.5 Å². The van der Waals surface area contributed by atoms with Crippen molar-refractivity contribution in [3.05, 3.63) is 78.1 Å². The second-order valence-corrected chi connectivity index (χ2v) is 7.76. The number of anilines is 1. The fourth-order valence-corrected chi connectivity index (χ4v) is 3.80. The van der Waals surface area contributed by atoms with Crippen molar-refractivity contribution >= 4 is 11.7 Å². The molecule has 0 bridgehead atoms. The van der Waals surface area contributed by atoms with Gasteiger partial charge in [0.2, 0.25) is 11.8 Å². The van der Waals surface area contributed by atoms with Crippen molar-refractivity contribution in [3.8, 4) is 11.6 Å². The summed E-state index contributed by atoms with van der Waals surface area (Å²) in [6, 6.07) is 15.0. The molecule has 1 fully saturated rings. The van der Waals surface area contributed by atoms with E-state index in [4.69, 9.17) is 4.74 Å². The van der Waals surface area contributed by atoms with Crippen LogP contribution in [0.4, 0.5) is 14.6 Å². The van der Waals surface area contributed by atoms with E-state index in [2.05, 4.69) is 14.9 Å². The zero-order valence-corrected chi connectivity index (χ0v) is 17.7. The van der Waals surface area contributed by atoms with E-state index < -0.39 is 11.6 Å². The summed E-state index contributed by atoms with van der Waals surface area (Å²) in [5, 5.41) is 0. The van der Waals surface area contributed by atoms with Gasteiger partial charge >= 0.3 is 0 Å². The maximum Gasteiger partial charge on any atom is 0.224 e. The van der Waals surface area contributed by atoms with Crippen LogP contribution in [0.1, 0.15) is 18.9 Å². The molecule has 3 aromatic rings. The molecule has 0 spiro atoms. The Kier molecular flexibility index (Phi) is 6.58. The third-order valence-electron chi connectivity index (χ3n) is 5.48. The van der Waals surface area contributed by atoms with Gasteiger partial charge in [-0.25, -0.2) is 18.7 Å². The second-order valence-electron chi connectivity index (χ2n) is 7.76. The first-order valence-corrected chi connectivity index (χ1v) is 10.5. The van der Waals surface area contributed by atoms with Gasteiger partial charge in [-0.15, -0.1) is 0 Å². The van der Waals surface area contributed by atoms with E-state index >= 15 is 0 Å². The van der Waals surface area contributed by atoms with Crippen LogP contribution in [-0.2, 0) is 11.2 Å². The number of benzene rings is 2. The Labute approximate surface area is 185 Å². The Morgan fingerprint density at radius 2 is 1.88 bits per heavy atom. The first-order chi connectivity index (χ1) is 15.5. The number of aryl methyl sites for hydroxylation is 1. The highest BCUT2D eigenvalue weighted by molar-refractivity contribution is 5.77. The normalized spacial score (nSPS) is 16.2. The summed E-state index contributed by atoms with van der Waals surface area (Å²) in [4.78, 5) is 25.1. The number of hydrogen-bond donors (Lipinski definition) is 0. The highest BCUT2D eigenvalue weighted by Crippen LogP contribution is 2.25. The van der Waals surface area contributed by atoms with Crippen LogP contribution in [-0.4, -0.2) is 46.5 Å². The molecule has 2 aromatic carbocycles. The minimum atomic E-state index is -0.987. The van der Waals surface area contributed by atoms with Gasteiger partial charge in [0.25, 0.3) is 0 Å². The van der Waals surface area contributed by atoms with Crippen LogP contribution in [0.5, 0.6) is 11.6 Å². The number of ether oxygens (including phenoxy) is 1. The molecule has 0 saturated carbocycles. The minimum absolute atomic E-state index is 0.0255. The summed E-state index contributed by atoms with van der Waals surface area (Å²) in [7, 11) is 0. The van der Waals surface area contributed by atoms with Gasteiger partial charge in [-0.1, -0.05) is 30.3 Å². The molecule has 8 heteroatoms. The number of hydrogen-bond acceptors (Lipinski definition) is 5. The largest absolute Gasteiger partial charge is 0.439 e. The molecular weight excluding hydrogens is 414 g/mol. The van der Waals surface area contributed by atoms with Crippen molar-refractivity contribution in [2.45, 2.75) is 25.8 Å². The molecule has 0 N–H and O–H groups in total. The standard InChI is InChI=1S/C24H24F2N4O2/c1-17-15-29(11-12-30(17)24(31)10-7-18-5-3-2-4-6-18)22-14-23(28-16-27-22)32-19-8-9-20(25)21(26)13-19/h2-6,8-9,13-14,16-17H,7,10-12,15H2,1H3. The van der Waals surface area contributed by atoms with E-state index in [0.717, 1.165) is 24.1 Å². The van der Waals surface area contributed by atoms with Gasteiger partial charge in [0.05, 0.1) is 0 Å². The van der Waals surface area contributed by atoms with E-state index in [0.29, 0.717) is 31.9 Å². The zero-order chi connectivity index (χ0) is 22.5. The second kappa shape index (κ2) is 9.72. The molecule has 1 unspecified atom stereocenters. The number of amides is 1. The molecule has 1 atom stereocenters. The number of nitrogens with zero attached hydrogens (tertiary/aromatic N) is 4. The van der Waals surface area contributed by atoms with Gasteiger partial charge in [0.1, 0.15) is 17.9 Å². The van der Waals surface area contributed by atoms with Gasteiger partial charge in [0, 0.05) is 44.2 Å². The smallest absolute Gasteiger partial charge is 0.224 e. The van der Waals surface area contributed by atoms with E-state index in [1.807, 2.05) is 42.2 Å². The van der Waals surface area contributed by atoms with Crippen LogP contribution in [0.15, 0.2) is 60.9 Å². The SMILES string of the molecule is CC1CN(c2cc(Oc3ccc(F)c(F)c3)ncn2)CCN1C(=O)CCc1ccccc1. The highest BCUT2D eigenvalue weighted by atomic mass is 19.2. The first kappa shape index (κ1) is 21.7. The summed E-state index contributed by atoms with van der Waals surface area (Å²) >= 11 is 0. The molecule has 4 rings (SSSR count). The number of piperazine rings is 1. The predicted octanol–water partition coefficient (Wildman–Crippen LogP) is 4.22. The van der Waals surface area contributed by atoms with Crippen LogP contribution in [0.25, 0.3) is 0 Å².